The third-order valence-electron chi connectivity index (χ3n) is 10.1. The maximum absolute atomic E-state index is 2.47. The van der Waals surface area contributed by atoms with Crippen molar-refractivity contribution in [1.29, 1.82) is 0 Å². The largest absolute Gasteiger partial charge is 0.311 e. The molecule has 0 heterocycles. The maximum Gasteiger partial charge on any atom is 0.0462 e. The molecule has 0 bridgehead atoms. The molecule has 0 aromatic heterocycles. The zero-order valence-electron chi connectivity index (χ0n) is 26.3. The minimum absolute atomic E-state index is 0.210. The smallest absolute Gasteiger partial charge is 0.0462 e. The highest BCUT2D eigenvalue weighted by molar-refractivity contribution is 6.10. The number of fused-ring (bicyclic) bond motifs is 6. The van der Waals surface area contributed by atoms with Gasteiger partial charge in [0.2, 0.25) is 0 Å². The molecule has 0 saturated heterocycles. The van der Waals surface area contributed by atoms with Gasteiger partial charge in [-0.2, -0.15) is 0 Å². The summed E-state index contributed by atoms with van der Waals surface area (Å²) in [4.78, 5) is 2.30. The highest BCUT2D eigenvalue weighted by Gasteiger charge is 2.40. The molecule has 8 aromatic carbocycles. The molecule has 1 aliphatic rings. The van der Waals surface area contributed by atoms with Crippen molar-refractivity contribution in [3.63, 3.8) is 0 Å². The minimum atomic E-state index is -0.210. The van der Waals surface area contributed by atoms with Crippen LogP contribution in [0.1, 0.15) is 23.6 Å². The fraction of sp³-hybridized carbons (Fsp3) is 0.0435. The monoisotopic (exact) mass is 599 g/mol. The van der Waals surface area contributed by atoms with Gasteiger partial charge < -0.3 is 4.90 Å². The quantitative estimate of drug-likeness (QED) is 0.178. The van der Waals surface area contributed by atoms with E-state index in [0.29, 0.717) is 0 Å². The van der Waals surface area contributed by atoms with Gasteiger partial charge in [-0.25, -0.2) is 0 Å². The van der Waals surface area contributed by atoms with E-state index in [0.717, 1.165) is 17.1 Å². The van der Waals surface area contributed by atoms with E-state index < -0.39 is 0 Å². The molecule has 0 spiro atoms. The van der Waals surface area contributed by atoms with Crippen LogP contribution in [0.25, 0.3) is 43.8 Å². The lowest BCUT2D eigenvalue weighted by Crippen LogP contribution is -2.22. The zero-order valence-corrected chi connectivity index (χ0v) is 26.3. The fourth-order valence-corrected chi connectivity index (χ4v) is 7.71. The van der Waals surface area contributed by atoms with Gasteiger partial charge in [0.15, 0.2) is 0 Å². The van der Waals surface area contributed by atoms with Crippen molar-refractivity contribution in [1.82, 2.24) is 0 Å². The van der Waals surface area contributed by atoms with Crippen LogP contribution < -0.4 is 4.90 Å². The van der Waals surface area contributed by atoms with Gasteiger partial charge in [-0.3, -0.25) is 0 Å². The Bertz CT molecular complexity index is 2350. The van der Waals surface area contributed by atoms with Gasteiger partial charge in [-0.15, -0.1) is 0 Å². The summed E-state index contributed by atoms with van der Waals surface area (Å²) < 4.78 is 0. The Balaban J connectivity index is 1.13. The van der Waals surface area contributed by atoms with Crippen molar-refractivity contribution < 1.29 is 0 Å². The maximum atomic E-state index is 2.47. The van der Waals surface area contributed by atoms with Crippen LogP contribution in [-0.2, 0) is 5.41 Å². The summed E-state index contributed by atoms with van der Waals surface area (Å²) in [5.41, 5.74) is 12.4. The van der Waals surface area contributed by atoms with Crippen LogP contribution in [0.3, 0.4) is 0 Å². The Labute approximate surface area is 276 Å². The second kappa shape index (κ2) is 10.9. The van der Waals surface area contributed by atoms with E-state index in [4.69, 9.17) is 0 Å². The Kier molecular flexibility index (Phi) is 6.33. The second-order valence-electron chi connectivity index (χ2n) is 12.7. The number of rotatable bonds is 5. The van der Waals surface area contributed by atoms with Gasteiger partial charge in [0.25, 0.3) is 0 Å². The Morgan fingerprint density at radius 1 is 0.383 bits per heavy atom. The van der Waals surface area contributed by atoms with Crippen LogP contribution in [0.4, 0.5) is 17.1 Å². The molecule has 0 aliphatic heterocycles. The minimum Gasteiger partial charge on any atom is -0.311 e. The first-order chi connectivity index (χ1) is 23.2. The number of benzene rings is 8. The molecular formula is C46H33N. The van der Waals surface area contributed by atoms with Crippen LogP contribution >= 0.6 is 0 Å². The molecule has 0 radical (unpaired) electrons. The van der Waals surface area contributed by atoms with Crippen molar-refractivity contribution in [3.8, 4) is 22.3 Å². The van der Waals surface area contributed by atoms with E-state index >= 15 is 0 Å². The summed E-state index contributed by atoms with van der Waals surface area (Å²) in [7, 11) is 0. The van der Waals surface area contributed by atoms with Gasteiger partial charge in [-0.05, 0) is 122 Å². The first kappa shape index (κ1) is 27.4. The molecule has 1 heteroatoms. The van der Waals surface area contributed by atoms with Gasteiger partial charge in [0, 0.05) is 22.5 Å². The third-order valence-corrected chi connectivity index (χ3v) is 10.1. The van der Waals surface area contributed by atoms with E-state index in [1.54, 1.807) is 0 Å². The molecule has 1 aliphatic carbocycles. The molecule has 1 atom stereocenters. The van der Waals surface area contributed by atoms with Crippen LogP contribution in [0.2, 0.25) is 0 Å². The molecule has 9 rings (SSSR count). The Morgan fingerprint density at radius 3 is 1.62 bits per heavy atom. The van der Waals surface area contributed by atoms with Crippen LogP contribution in [0.15, 0.2) is 182 Å². The predicted molar refractivity (Wildman–Crippen MR) is 199 cm³/mol. The van der Waals surface area contributed by atoms with Crippen molar-refractivity contribution in [2.75, 3.05) is 4.90 Å². The summed E-state index contributed by atoms with van der Waals surface area (Å²) in [5, 5.41) is 5.13. The molecule has 0 amide bonds. The van der Waals surface area contributed by atoms with Crippen LogP contribution in [-0.4, -0.2) is 0 Å². The summed E-state index contributed by atoms with van der Waals surface area (Å²) in [6.07, 6.45) is 0. The molecule has 1 nitrogen and oxygen atoms in total. The van der Waals surface area contributed by atoms with Gasteiger partial charge in [0.05, 0.1) is 0 Å². The molecule has 1 unspecified atom stereocenters. The lowest BCUT2D eigenvalue weighted by Gasteiger charge is -2.28. The summed E-state index contributed by atoms with van der Waals surface area (Å²) in [6.45, 7) is 2.39. The van der Waals surface area contributed by atoms with Crippen molar-refractivity contribution in [3.05, 3.63) is 199 Å². The standard InChI is InChI=1S/C46H33N/c1-46(36-13-5-2-6-14-36)44-20-12-11-19-41(44)43-30-35-22-21-34-29-33(25-28-40(34)42(35)31-45(43)46)32-23-26-39(27-24-32)47(37-15-7-3-8-16-37)38-17-9-4-10-18-38/h2-31H,1H3. The number of hydrogen-bond acceptors (Lipinski definition) is 1. The molecule has 222 valence electrons. The number of para-hydroxylation sites is 2. The number of hydrogen-bond donors (Lipinski definition) is 0. The second-order valence-corrected chi connectivity index (χ2v) is 12.7. The predicted octanol–water partition coefficient (Wildman–Crippen LogP) is 12.5. The van der Waals surface area contributed by atoms with Gasteiger partial charge in [-0.1, -0.05) is 127 Å². The molecule has 0 fully saturated rings. The lowest BCUT2D eigenvalue weighted by atomic mass is 9.74. The lowest BCUT2D eigenvalue weighted by molar-refractivity contribution is 0.715. The van der Waals surface area contributed by atoms with Crippen molar-refractivity contribution in [2.45, 2.75) is 12.3 Å². The van der Waals surface area contributed by atoms with Crippen molar-refractivity contribution >= 4 is 38.6 Å². The molecule has 0 saturated carbocycles. The van der Waals surface area contributed by atoms with E-state index in [1.807, 2.05) is 0 Å². The van der Waals surface area contributed by atoms with Gasteiger partial charge in [0.1, 0.15) is 0 Å². The molecule has 0 N–H and O–H groups in total. The number of nitrogens with zero attached hydrogens (tertiary/aromatic N) is 1. The zero-order chi connectivity index (χ0) is 31.4. The molecular weight excluding hydrogens is 567 g/mol. The SMILES string of the molecule is CC1(c2ccccc2)c2ccccc2-c2cc3ccc4cc(-c5ccc(N(c6ccccc6)c6ccccc6)cc5)ccc4c3cc21. The third kappa shape index (κ3) is 4.39. The van der Waals surface area contributed by atoms with Crippen LogP contribution in [0, 0.1) is 0 Å². The summed E-state index contributed by atoms with van der Waals surface area (Å²) in [6, 6.07) is 66.4. The Morgan fingerprint density at radius 2 is 0.936 bits per heavy atom. The highest BCUT2D eigenvalue weighted by atomic mass is 15.1. The van der Waals surface area contributed by atoms with E-state index in [1.165, 1.54) is 60.5 Å². The average molecular weight is 600 g/mol. The topological polar surface area (TPSA) is 3.24 Å². The number of anilines is 3. The normalized spacial score (nSPS) is 15.0. The Hall–Kier alpha value is -5.92. The van der Waals surface area contributed by atoms with Gasteiger partial charge >= 0.3 is 0 Å². The fourth-order valence-electron chi connectivity index (χ4n) is 7.71. The first-order valence-corrected chi connectivity index (χ1v) is 16.4. The van der Waals surface area contributed by atoms with E-state index in [9.17, 15) is 0 Å². The average Bonchev–Trinajstić information content (AvgIpc) is 3.40. The molecule has 8 aromatic rings. The molecule has 47 heavy (non-hydrogen) atoms. The summed E-state index contributed by atoms with van der Waals surface area (Å²) >= 11 is 0. The van der Waals surface area contributed by atoms with Crippen LogP contribution in [0.5, 0.6) is 0 Å². The van der Waals surface area contributed by atoms with Crippen molar-refractivity contribution in [2.24, 2.45) is 0 Å². The first-order valence-electron chi connectivity index (χ1n) is 16.4. The highest BCUT2D eigenvalue weighted by Crippen LogP contribution is 2.53. The van der Waals surface area contributed by atoms with E-state index in [2.05, 4.69) is 194 Å². The summed E-state index contributed by atoms with van der Waals surface area (Å²) in [5.74, 6) is 0. The van der Waals surface area contributed by atoms with E-state index in [-0.39, 0.29) is 5.41 Å².